The first-order chi connectivity index (χ1) is 10.8. The van der Waals surface area contributed by atoms with Crippen molar-refractivity contribution in [1.29, 1.82) is 0 Å². The molecule has 126 valence electrons. The topological polar surface area (TPSA) is 39.9 Å². The van der Waals surface area contributed by atoms with Crippen molar-refractivity contribution in [3.63, 3.8) is 0 Å². The van der Waals surface area contributed by atoms with Gasteiger partial charge in [-0.3, -0.25) is 4.68 Å². The van der Waals surface area contributed by atoms with E-state index in [4.69, 9.17) is 4.74 Å². The summed E-state index contributed by atoms with van der Waals surface area (Å²) in [5.74, 6) is 1.54. The molecule has 23 heavy (non-hydrogen) atoms. The zero-order chi connectivity index (χ0) is 17.0. The predicted molar refractivity (Wildman–Crippen MR) is 93.9 cm³/mol. The van der Waals surface area contributed by atoms with E-state index in [-0.39, 0.29) is 5.41 Å². The molecule has 1 heterocycles. The lowest BCUT2D eigenvalue weighted by Crippen LogP contribution is -2.15. The van der Waals surface area contributed by atoms with Gasteiger partial charge >= 0.3 is 0 Å². The molecule has 0 N–H and O–H groups in total. The lowest BCUT2D eigenvalue weighted by molar-refractivity contribution is 0.265. The van der Waals surface area contributed by atoms with Gasteiger partial charge in [0.15, 0.2) is 0 Å². The van der Waals surface area contributed by atoms with Crippen LogP contribution in [0.5, 0.6) is 5.75 Å². The Morgan fingerprint density at radius 1 is 1.17 bits per heavy atom. The Labute approximate surface area is 139 Å². The Kier molecular flexibility index (Phi) is 5.45. The van der Waals surface area contributed by atoms with Crippen molar-refractivity contribution in [1.82, 2.24) is 15.0 Å². The summed E-state index contributed by atoms with van der Waals surface area (Å²) in [5, 5.41) is 8.14. The molecule has 0 spiro atoms. The molecule has 0 atom stereocenters. The molecule has 0 aliphatic carbocycles. The second-order valence-corrected chi connectivity index (χ2v) is 7.67. The molecule has 0 saturated heterocycles. The van der Waals surface area contributed by atoms with E-state index in [1.54, 1.807) is 4.68 Å². The molecule has 0 amide bonds. The Morgan fingerprint density at radius 2 is 1.91 bits per heavy atom. The first-order valence-corrected chi connectivity index (χ1v) is 8.37. The molecule has 0 fully saturated rings. The normalized spacial score (nSPS) is 12.0. The minimum atomic E-state index is 0.0644. The lowest BCUT2D eigenvalue weighted by Gasteiger charge is -2.24. The molecule has 0 unspecified atom stereocenters. The van der Waals surface area contributed by atoms with Gasteiger partial charge in [-0.1, -0.05) is 52.0 Å². The molecule has 1 aromatic heterocycles. The van der Waals surface area contributed by atoms with Crippen LogP contribution in [0, 0.1) is 5.92 Å². The van der Waals surface area contributed by atoms with E-state index in [9.17, 15) is 0 Å². The molecule has 0 aliphatic heterocycles. The fourth-order valence-electron chi connectivity index (χ4n) is 2.48. The predicted octanol–water partition coefficient (Wildman–Crippen LogP) is 3.93. The fraction of sp³-hybridized carbons (Fsp3) is 0.579. The monoisotopic (exact) mass is 315 g/mol. The van der Waals surface area contributed by atoms with Crippen LogP contribution in [0.1, 0.15) is 51.4 Å². The van der Waals surface area contributed by atoms with Crippen molar-refractivity contribution < 1.29 is 4.74 Å². The number of hydrogen-bond donors (Lipinski definition) is 0. The standard InChI is InChI=1S/C19H29N3O/c1-14(2)13-23-18-10-8-15(11-17(18)19(3,4)5)7-9-16-12-22(6)21-20-16/h8,10-12,14H,7,9,13H2,1-6H3. The van der Waals surface area contributed by atoms with Crippen molar-refractivity contribution in [3.05, 3.63) is 41.2 Å². The van der Waals surface area contributed by atoms with E-state index in [2.05, 4.69) is 63.1 Å². The maximum atomic E-state index is 6.02. The van der Waals surface area contributed by atoms with E-state index < -0.39 is 0 Å². The highest BCUT2D eigenvalue weighted by Crippen LogP contribution is 2.32. The zero-order valence-corrected chi connectivity index (χ0v) is 15.3. The van der Waals surface area contributed by atoms with Crippen molar-refractivity contribution in [2.45, 2.75) is 52.9 Å². The van der Waals surface area contributed by atoms with Crippen LogP contribution in [0.4, 0.5) is 0 Å². The van der Waals surface area contributed by atoms with Crippen molar-refractivity contribution in [3.8, 4) is 5.75 Å². The zero-order valence-electron chi connectivity index (χ0n) is 15.3. The van der Waals surface area contributed by atoms with Crippen LogP contribution in [-0.4, -0.2) is 21.6 Å². The van der Waals surface area contributed by atoms with Crippen LogP contribution in [0.25, 0.3) is 0 Å². The first kappa shape index (κ1) is 17.5. The Bertz CT molecular complexity index is 638. The first-order valence-electron chi connectivity index (χ1n) is 8.37. The molecule has 0 saturated carbocycles. The lowest BCUT2D eigenvalue weighted by atomic mass is 9.85. The number of ether oxygens (including phenoxy) is 1. The van der Waals surface area contributed by atoms with Crippen LogP contribution in [-0.2, 0) is 25.3 Å². The molecule has 0 aliphatic rings. The van der Waals surface area contributed by atoms with Crippen molar-refractivity contribution >= 4 is 0 Å². The second kappa shape index (κ2) is 7.16. The maximum Gasteiger partial charge on any atom is 0.123 e. The van der Waals surface area contributed by atoms with E-state index in [0.29, 0.717) is 5.92 Å². The summed E-state index contributed by atoms with van der Waals surface area (Å²) in [6.07, 6.45) is 3.85. The maximum absolute atomic E-state index is 6.02. The Morgan fingerprint density at radius 3 is 2.48 bits per heavy atom. The number of rotatable bonds is 6. The molecule has 4 nitrogen and oxygen atoms in total. The van der Waals surface area contributed by atoms with Gasteiger partial charge in [-0.2, -0.15) is 0 Å². The van der Waals surface area contributed by atoms with Gasteiger partial charge in [0.25, 0.3) is 0 Å². The number of benzene rings is 1. The third kappa shape index (κ3) is 5.08. The van der Waals surface area contributed by atoms with Crippen molar-refractivity contribution in [2.75, 3.05) is 6.61 Å². The van der Waals surface area contributed by atoms with Crippen molar-refractivity contribution in [2.24, 2.45) is 13.0 Å². The van der Waals surface area contributed by atoms with Gasteiger partial charge in [0.2, 0.25) is 0 Å². The average molecular weight is 315 g/mol. The summed E-state index contributed by atoms with van der Waals surface area (Å²) in [4.78, 5) is 0. The third-order valence-corrected chi connectivity index (χ3v) is 3.74. The number of hydrogen-bond acceptors (Lipinski definition) is 3. The third-order valence-electron chi connectivity index (χ3n) is 3.74. The van der Waals surface area contributed by atoms with Gasteiger partial charge in [0.05, 0.1) is 12.3 Å². The van der Waals surface area contributed by atoms with Gasteiger partial charge in [0.1, 0.15) is 5.75 Å². The number of aromatic nitrogens is 3. The number of nitrogens with zero attached hydrogens (tertiary/aromatic N) is 3. The smallest absolute Gasteiger partial charge is 0.123 e. The summed E-state index contributed by atoms with van der Waals surface area (Å²) < 4.78 is 7.77. The highest BCUT2D eigenvalue weighted by Gasteiger charge is 2.20. The molecular weight excluding hydrogens is 286 g/mol. The van der Waals surface area contributed by atoms with Gasteiger partial charge in [-0.05, 0) is 41.4 Å². The molecule has 0 bridgehead atoms. The molecule has 0 radical (unpaired) electrons. The van der Waals surface area contributed by atoms with E-state index in [0.717, 1.165) is 30.9 Å². The van der Waals surface area contributed by atoms with Gasteiger partial charge in [0, 0.05) is 13.2 Å². The van der Waals surface area contributed by atoms with E-state index in [1.165, 1.54) is 11.1 Å². The summed E-state index contributed by atoms with van der Waals surface area (Å²) >= 11 is 0. The fourth-order valence-corrected chi connectivity index (χ4v) is 2.48. The Hall–Kier alpha value is -1.84. The van der Waals surface area contributed by atoms with Gasteiger partial charge < -0.3 is 4.74 Å². The highest BCUT2D eigenvalue weighted by atomic mass is 16.5. The average Bonchev–Trinajstić information content (AvgIpc) is 2.88. The summed E-state index contributed by atoms with van der Waals surface area (Å²) in [6.45, 7) is 11.8. The minimum absolute atomic E-state index is 0.0644. The minimum Gasteiger partial charge on any atom is -0.493 e. The quantitative estimate of drug-likeness (QED) is 0.811. The summed E-state index contributed by atoms with van der Waals surface area (Å²) in [6, 6.07) is 6.57. The molecule has 2 aromatic rings. The van der Waals surface area contributed by atoms with Crippen LogP contribution in [0.2, 0.25) is 0 Å². The van der Waals surface area contributed by atoms with E-state index >= 15 is 0 Å². The van der Waals surface area contributed by atoms with Gasteiger partial charge in [-0.15, -0.1) is 5.10 Å². The molecule has 1 aromatic carbocycles. The van der Waals surface area contributed by atoms with Crippen LogP contribution >= 0.6 is 0 Å². The van der Waals surface area contributed by atoms with Crippen LogP contribution in [0.3, 0.4) is 0 Å². The van der Waals surface area contributed by atoms with Gasteiger partial charge in [-0.25, -0.2) is 0 Å². The summed E-state index contributed by atoms with van der Waals surface area (Å²) in [5.41, 5.74) is 3.69. The molecule has 2 rings (SSSR count). The largest absolute Gasteiger partial charge is 0.493 e. The highest BCUT2D eigenvalue weighted by molar-refractivity contribution is 5.41. The van der Waals surface area contributed by atoms with Crippen LogP contribution in [0.15, 0.2) is 24.4 Å². The van der Waals surface area contributed by atoms with E-state index in [1.807, 2.05) is 13.2 Å². The molecular formula is C19H29N3O. The molecule has 4 heteroatoms. The number of aryl methyl sites for hydroxylation is 3. The SMILES string of the molecule is CC(C)COc1ccc(CCc2cn(C)nn2)cc1C(C)(C)C. The second-order valence-electron chi connectivity index (χ2n) is 7.67. The van der Waals surface area contributed by atoms with Crippen LogP contribution < -0.4 is 4.74 Å². The Balaban J connectivity index is 2.15. The summed E-state index contributed by atoms with van der Waals surface area (Å²) in [7, 11) is 1.90.